The van der Waals surface area contributed by atoms with Crippen LogP contribution in [0.2, 0.25) is 0 Å². The van der Waals surface area contributed by atoms with Gasteiger partial charge in [-0.05, 0) is 23.3 Å². The summed E-state index contributed by atoms with van der Waals surface area (Å²) in [4.78, 5) is 30.7. The average molecular weight is 400 g/mol. The molecule has 148 valence electrons. The van der Waals surface area contributed by atoms with Gasteiger partial charge in [0, 0.05) is 5.56 Å². The number of nitriles is 1. The Morgan fingerprint density at radius 1 is 1.13 bits per heavy atom. The fourth-order valence-electron chi connectivity index (χ4n) is 3.46. The van der Waals surface area contributed by atoms with Crippen LogP contribution in [0.4, 0.5) is 5.82 Å². The number of aromatic amines is 2. The Labute approximate surface area is 170 Å². The Hall–Kier alpha value is -4.38. The van der Waals surface area contributed by atoms with E-state index in [0.717, 1.165) is 5.56 Å². The number of hydrogen-bond acceptors (Lipinski definition) is 5. The van der Waals surface area contributed by atoms with Crippen molar-refractivity contribution in [1.82, 2.24) is 9.55 Å². The molecule has 0 bridgehead atoms. The molecular weight excluding hydrogens is 382 g/mol. The van der Waals surface area contributed by atoms with Gasteiger partial charge in [0.2, 0.25) is 11.5 Å². The number of ether oxygens (including phenoxy) is 1. The molecule has 0 amide bonds. The zero-order valence-electron chi connectivity index (χ0n) is 16.1. The lowest BCUT2D eigenvalue weighted by Crippen LogP contribution is -2.35. The van der Waals surface area contributed by atoms with Crippen molar-refractivity contribution in [2.75, 3.05) is 12.8 Å². The third kappa shape index (κ3) is 3.18. The van der Waals surface area contributed by atoms with Gasteiger partial charge >= 0.3 is 5.69 Å². The maximum Gasteiger partial charge on any atom is 0.386 e. The number of rotatable bonds is 4. The molecule has 0 aliphatic carbocycles. The summed E-state index contributed by atoms with van der Waals surface area (Å²) < 4.78 is 6.59. The predicted octanol–water partition coefficient (Wildman–Crippen LogP) is 1.68. The van der Waals surface area contributed by atoms with Crippen LogP contribution in [0, 0.1) is 11.3 Å². The SMILES string of the molecule is COc1ccc(-c2c(C#N)c(N)[nH+]c3c2c(=O)[nH]c(=O)n3Cc2ccccc2)cc1. The third-order valence-corrected chi connectivity index (χ3v) is 4.90. The number of nitrogens with two attached hydrogens (primary N) is 1. The molecule has 8 nitrogen and oxygen atoms in total. The van der Waals surface area contributed by atoms with Crippen molar-refractivity contribution in [1.29, 1.82) is 5.26 Å². The Morgan fingerprint density at radius 2 is 1.83 bits per heavy atom. The molecule has 0 fully saturated rings. The number of fused-ring (bicyclic) bond motifs is 1. The van der Waals surface area contributed by atoms with E-state index in [9.17, 15) is 14.9 Å². The molecule has 0 aliphatic heterocycles. The second-order valence-corrected chi connectivity index (χ2v) is 6.68. The van der Waals surface area contributed by atoms with Crippen LogP contribution < -0.4 is 26.7 Å². The topological polar surface area (TPSA) is 128 Å². The number of aromatic nitrogens is 3. The van der Waals surface area contributed by atoms with E-state index in [1.165, 1.54) is 4.57 Å². The van der Waals surface area contributed by atoms with Gasteiger partial charge in [-0.1, -0.05) is 42.5 Å². The molecule has 0 spiro atoms. The molecule has 4 rings (SSSR count). The molecule has 30 heavy (non-hydrogen) atoms. The zero-order chi connectivity index (χ0) is 21.3. The van der Waals surface area contributed by atoms with Crippen LogP contribution in [-0.4, -0.2) is 16.7 Å². The number of nitrogens with zero attached hydrogens (tertiary/aromatic N) is 2. The predicted molar refractivity (Wildman–Crippen MR) is 112 cm³/mol. The molecule has 4 N–H and O–H groups in total. The van der Waals surface area contributed by atoms with E-state index >= 15 is 0 Å². The number of nitrogens with one attached hydrogen (secondary N) is 2. The van der Waals surface area contributed by atoms with Crippen molar-refractivity contribution in [3.8, 4) is 22.9 Å². The molecule has 8 heteroatoms. The standard InChI is InChI=1S/C22H17N5O3/c1-30-15-9-7-14(8-10-15)17-16(11-23)19(24)25-20-18(17)21(28)26-22(29)27(20)12-13-5-3-2-4-6-13/h2-10H,12H2,1H3,(H2,24,25)(H,26,28,29)/p+1. The highest BCUT2D eigenvalue weighted by molar-refractivity contribution is 5.95. The highest BCUT2D eigenvalue weighted by Crippen LogP contribution is 2.31. The number of methoxy groups -OCH3 is 1. The second kappa shape index (κ2) is 7.56. The van der Waals surface area contributed by atoms with Gasteiger partial charge in [-0.2, -0.15) is 5.26 Å². The first kappa shape index (κ1) is 19.0. The molecule has 4 aromatic rings. The normalized spacial score (nSPS) is 10.7. The van der Waals surface area contributed by atoms with Crippen LogP contribution >= 0.6 is 0 Å². The summed E-state index contributed by atoms with van der Waals surface area (Å²) in [5.74, 6) is 0.703. The van der Waals surface area contributed by atoms with E-state index in [2.05, 4.69) is 16.0 Å². The van der Waals surface area contributed by atoms with Gasteiger partial charge in [-0.25, -0.2) is 14.3 Å². The Kier molecular flexibility index (Phi) is 4.78. The fraction of sp³-hybridized carbons (Fsp3) is 0.0909. The summed E-state index contributed by atoms with van der Waals surface area (Å²) in [6.07, 6.45) is 0. The fourth-order valence-corrected chi connectivity index (χ4v) is 3.46. The van der Waals surface area contributed by atoms with E-state index < -0.39 is 11.2 Å². The van der Waals surface area contributed by atoms with Crippen LogP contribution in [0.3, 0.4) is 0 Å². The highest BCUT2D eigenvalue weighted by Gasteiger charge is 2.24. The van der Waals surface area contributed by atoms with Gasteiger partial charge < -0.3 is 10.5 Å². The number of pyridine rings is 1. The van der Waals surface area contributed by atoms with Gasteiger partial charge in [-0.15, -0.1) is 0 Å². The molecule has 0 aliphatic rings. The molecule has 2 aromatic carbocycles. The first-order valence-electron chi connectivity index (χ1n) is 9.13. The monoisotopic (exact) mass is 400 g/mol. The van der Waals surface area contributed by atoms with Crippen LogP contribution in [0.5, 0.6) is 5.75 Å². The Bertz CT molecular complexity index is 1400. The largest absolute Gasteiger partial charge is 0.497 e. The summed E-state index contributed by atoms with van der Waals surface area (Å²) in [5, 5.41) is 9.90. The van der Waals surface area contributed by atoms with Crippen LogP contribution in [0.25, 0.3) is 22.2 Å². The summed E-state index contributed by atoms with van der Waals surface area (Å²) in [7, 11) is 1.55. The number of H-pyrrole nitrogens is 2. The van der Waals surface area contributed by atoms with Gasteiger partial charge in [0.1, 0.15) is 22.8 Å². The molecule has 0 saturated heterocycles. The lowest BCUT2D eigenvalue weighted by Gasteiger charge is -2.11. The van der Waals surface area contributed by atoms with E-state index in [1.54, 1.807) is 31.4 Å². The third-order valence-electron chi connectivity index (χ3n) is 4.90. The first-order valence-corrected chi connectivity index (χ1v) is 9.13. The van der Waals surface area contributed by atoms with Crippen molar-refractivity contribution < 1.29 is 9.72 Å². The van der Waals surface area contributed by atoms with E-state index in [1.807, 2.05) is 30.3 Å². The van der Waals surface area contributed by atoms with Crippen molar-refractivity contribution >= 4 is 16.9 Å². The smallest absolute Gasteiger partial charge is 0.386 e. The van der Waals surface area contributed by atoms with Gasteiger partial charge in [-0.3, -0.25) is 9.78 Å². The van der Waals surface area contributed by atoms with Crippen molar-refractivity contribution in [2.24, 2.45) is 0 Å². The average Bonchev–Trinajstić information content (AvgIpc) is 2.76. The lowest BCUT2D eigenvalue weighted by molar-refractivity contribution is -0.332. The number of benzene rings is 2. The number of nitrogen functional groups attached to an aromatic ring is 1. The van der Waals surface area contributed by atoms with Crippen LogP contribution in [0.15, 0.2) is 64.2 Å². The summed E-state index contributed by atoms with van der Waals surface area (Å²) in [6.45, 7) is 0.219. The maximum atomic E-state index is 12.8. The van der Waals surface area contributed by atoms with Gasteiger partial charge in [0.25, 0.3) is 5.56 Å². The minimum Gasteiger partial charge on any atom is -0.497 e. The second-order valence-electron chi connectivity index (χ2n) is 6.68. The van der Waals surface area contributed by atoms with Gasteiger partial charge in [0.05, 0.1) is 13.7 Å². The summed E-state index contributed by atoms with van der Waals surface area (Å²) in [5.41, 5.74) is 7.16. The lowest BCUT2D eigenvalue weighted by atomic mass is 9.98. The Morgan fingerprint density at radius 3 is 2.47 bits per heavy atom. The molecule has 0 radical (unpaired) electrons. The Balaban J connectivity index is 2.08. The zero-order valence-corrected chi connectivity index (χ0v) is 16.1. The minimum atomic E-state index is -0.599. The molecule has 0 atom stereocenters. The van der Waals surface area contributed by atoms with Crippen molar-refractivity contribution in [2.45, 2.75) is 6.54 Å². The quantitative estimate of drug-likeness (QED) is 0.539. The molecule has 2 heterocycles. The van der Waals surface area contributed by atoms with E-state index in [0.29, 0.717) is 16.9 Å². The molecule has 0 unspecified atom stereocenters. The molecule has 2 aromatic heterocycles. The van der Waals surface area contributed by atoms with Crippen molar-refractivity contribution in [3.63, 3.8) is 0 Å². The highest BCUT2D eigenvalue weighted by atomic mass is 16.5. The maximum absolute atomic E-state index is 12.8. The molecule has 0 saturated carbocycles. The van der Waals surface area contributed by atoms with E-state index in [-0.39, 0.29) is 29.0 Å². The number of hydrogen-bond donors (Lipinski definition) is 2. The van der Waals surface area contributed by atoms with Crippen molar-refractivity contribution in [3.05, 3.63) is 86.6 Å². The minimum absolute atomic E-state index is 0.0719. The van der Waals surface area contributed by atoms with Gasteiger partial charge in [0.15, 0.2) is 0 Å². The first-order chi connectivity index (χ1) is 14.5. The van der Waals surface area contributed by atoms with E-state index in [4.69, 9.17) is 10.5 Å². The van der Waals surface area contributed by atoms with Crippen LogP contribution in [-0.2, 0) is 6.54 Å². The number of anilines is 1. The summed E-state index contributed by atoms with van der Waals surface area (Å²) in [6, 6.07) is 18.3. The van der Waals surface area contributed by atoms with Crippen LogP contribution in [0.1, 0.15) is 11.1 Å². The molecular formula is C22H18N5O3+. The summed E-state index contributed by atoms with van der Waals surface area (Å²) >= 11 is 0.